The van der Waals surface area contributed by atoms with E-state index < -0.39 is 10.7 Å². The topological polar surface area (TPSA) is 73.6 Å². The van der Waals surface area contributed by atoms with Gasteiger partial charge >= 0.3 is 0 Å². The second-order valence-corrected chi connectivity index (χ2v) is 4.64. The number of para-hydroxylation sites is 2. The molecule has 0 amide bonds. The lowest BCUT2D eigenvalue weighted by Gasteiger charge is -2.35. The number of anilines is 1. The molecule has 1 aliphatic heterocycles. The fraction of sp³-hybridized carbons (Fsp3) is 0.500. The molecule has 1 saturated heterocycles. The van der Waals surface area contributed by atoms with E-state index in [0.717, 1.165) is 0 Å². The number of rotatable bonds is 3. The predicted molar refractivity (Wildman–Crippen MR) is 66.5 cm³/mol. The smallest absolute Gasteiger partial charge is 0.292 e. The Morgan fingerprint density at radius 1 is 1.33 bits per heavy atom. The van der Waals surface area contributed by atoms with E-state index in [2.05, 4.69) is 5.32 Å². The number of ether oxygens (including phenoxy) is 2. The minimum atomic E-state index is -0.583. The van der Waals surface area contributed by atoms with E-state index in [4.69, 9.17) is 9.47 Å². The third kappa shape index (κ3) is 2.96. The summed E-state index contributed by atoms with van der Waals surface area (Å²) in [5.41, 5.74) is 0.543. The van der Waals surface area contributed by atoms with Crippen molar-refractivity contribution in [2.24, 2.45) is 0 Å². The zero-order valence-corrected chi connectivity index (χ0v) is 10.4. The van der Waals surface area contributed by atoms with Crippen molar-refractivity contribution < 1.29 is 14.4 Å². The van der Waals surface area contributed by atoms with E-state index in [1.165, 1.54) is 6.07 Å². The van der Waals surface area contributed by atoms with Crippen LogP contribution in [-0.4, -0.2) is 30.0 Å². The number of nitro groups is 1. The van der Waals surface area contributed by atoms with Gasteiger partial charge in [0.15, 0.2) is 5.79 Å². The average molecular weight is 252 g/mol. The van der Waals surface area contributed by atoms with Crippen molar-refractivity contribution in [2.45, 2.75) is 25.7 Å². The van der Waals surface area contributed by atoms with Gasteiger partial charge in [0.25, 0.3) is 5.69 Å². The molecule has 6 heteroatoms. The molecule has 6 nitrogen and oxygen atoms in total. The fourth-order valence-corrected chi connectivity index (χ4v) is 1.75. The van der Waals surface area contributed by atoms with Gasteiger partial charge in [-0.1, -0.05) is 12.1 Å². The summed E-state index contributed by atoms with van der Waals surface area (Å²) in [5, 5.41) is 13.9. The summed E-state index contributed by atoms with van der Waals surface area (Å²) in [6.45, 7) is 4.60. The molecule has 0 unspecified atom stereocenters. The van der Waals surface area contributed by atoms with Gasteiger partial charge < -0.3 is 14.8 Å². The third-order valence-corrected chi connectivity index (χ3v) is 2.72. The van der Waals surface area contributed by atoms with Gasteiger partial charge in [-0.2, -0.15) is 0 Å². The fourth-order valence-electron chi connectivity index (χ4n) is 1.75. The van der Waals surface area contributed by atoms with Crippen LogP contribution in [-0.2, 0) is 9.47 Å². The van der Waals surface area contributed by atoms with Gasteiger partial charge in [0.2, 0.25) is 0 Å². The Bertz CT molecular complexity index is 437. The Morgan fingerprint density at radius 3 is 2.56 bits per heavy atom. The monoisotopic (exact) mass is 252 g/mol. The van der Waals surface area contributed by atoms with Crippen molar-refractivity contribution in [3.05, 3.63) is 34.4 Å². The van der Waals surface area contributed by atoms with Gasteiger partial charge in [0.05, 0.1) is 24.2 Å². The molecule has 1 heterocycles. The molecule has 0 radical (unpaired) electrons. The van der Waals surface area contributed by atoms with Gasteiger partial charge in [-0.05, 0) is 19.9 Å². The van der Waals surface area contributed by atoms with Crippen LogP contribution in [0.15, 0.2) is 24.3 Å². The molecule has 1 aromatic carbocycles. The maximum atomic E-state index is 10.9. The Kier molecular flexibility index (Phi) is 3.49. The minimum absolute atomic E-state index is 0.0577. The SMILES string of the molecule is CC1(C)OCC(Nc2ccccc2[N+](=O)[O-])CO1. The molecule has 1 aromatic rings. The summed E-state index contributed by atoms with van der Waals surface area (Å²) in [6.07, 6.45) is 0. The zero-order valence-electron chi connectivity index (χ0n) is 10.4. The van der Waals surface area contributed by atoms with E-state index in [9.17, 15) is 10.1 Å². The number of hydrogen-bond acceptors (Lipinski definition) is 5. The van der Waals surface area contributed by atoms with Crippen molar-refractivity contribution in [3.8, 4) is 0 Å². The lowest BCUT2D eigenvalue weighted by atomic mass is 10.2. The summed E-state index contributed by atoms with van der Waals surface area (Å²) in [4.78, 5) is 10.5. The average Bonchev–Trinajstić information content (AvgIpc) is 2.32. The van der Waals surface area contributed by atoms with Crippen LogP contribution in [0.25, 0.3) is 0 Å². The first-order valence-corrected chi connectivity index (χ1v) is 5.76. The highest BCUT2D eigenvalue weighted by Gasteiger charge is 2.29. The van der Waals surface area contributed by atoms with E-state index in [1.54, 1.807) is 18.2 Å². The Morgan fingerprint density at radius 2 is 1.94 bits per heavy atom. The van der Waals surface area contributed by atoms with Crippen LogP contribution in [0.1, 0.15) is 13.8 Å². The standard InChI is InChI=1S/C12H16N2O4/c1-12(2)17-7-9(8-18-12)13-10-5-3-4-6-11(10)14(15)16/h3-6,9,13H,7-8H2,1-2H3. The lowest BCUT2D eigenvalue weighted by molar-refractivity contribution is -0.384. The first-order chi connectivity index (χ1) is 8.48. The van der Waals surface area contributed by atoms with Gasteiger partial charge in [-0.15, -0.1) is 0 Å². The van der Waals surface area contributed by atoms with Crippen molar-refractivity contribution in [3.63, 3.8) is 0 Å². The molecule has 0 atom stereocenters. The quantitative estimate of drug-likeness (QED) is 0.659. The summed E-state index contributed by atoms with van der Waals surface area (Å²) >= 11 is 0. The Labute approximate surface area is 105 Å². The first-order valence-electron chi connectivity index (χ1n) is 5.76. The third-order valence-electron chi connectivity index (χ3n) is 2.72. The summed E-state index contributed by atoms with van der Waals surface area (Å²) in [7, 11) is 0. The number of benzene rings is 1. The highest BCUT2D eigenvalue weighted by molar-refractivity contribution is 5.61. The van der Waals surface area contributed by atoms with Crippen LogP contribution in [0.3, 0.4) is 0 Å². The van der Waals surface area contributed by atoms with Crippen molar-refractivity contribution in [2.75, 3.05) is 18.5 Å². The molecule has 1 N–H and O–H groups in total. The van der Waals surface area contributed by atoms with Gasteiger partial charge in [-0.3, -0.25) is 10.1 Å². The second-order valence-electron chi connectivity index (χ2n) is 4.64. The zero-order chi connectivity index (χ0) is 13.2. The first kappa shape index (κ1) is 12.8. The summed E-state index contributed by atoms with van der Waals surface area (Å²) in [5.74, 6) is -0.583. The number of nitro benzene ring substituents is 1. The summed E-state index contributed by atoms with van der Waals surface area (Å²) < 4.78 is 11.0. The van der Waals surface area contributed by atoms with E-state index >= 15 is 0 Å². The largest absolute Gasteiger partial charge is 0.372 e. The second kappa shape index (κ2) is 4.91. The van der Waals surface area contributed by atoms with Crippen LogP contribution in [0.5, 0.6) is 0 Å². The van der Waals surface area contributed by atoms with Crippen LogP contribution < -0.4 is 5.32 Å². The molecule has 1 fully saturated rings. The van der Waals surface area contributed by atoms with Gasteiger partial charge in [0, 0.05) is 6.07 Å². The van der Waals surface area contributed by atoms with Crippen molar-refractivity contribution >= 4 is 11.4 Å². The van der Waals surface area contributed by atoms with E-state index in [1.807, 2.05) is 13.8 Å². The normalized spacial score (nSPS) is 19.4. The molecule has 0 aromatic heterocycles. The highest BCUT2D eigenvalue weighted by atomic mass is 16.7. The molecule has 2 rings (SSSR count). The molecule has 0 spiro atoms. The molecule has 0 saturated carbocycles. The van der Waals surface area contributed by atoms with Gasteiger partial charge in [-0.25, -0.2) is 0 Å². The van der Waals surface area contributed by atoms with E-state index in [0.29, 0.717) is 18.9 Å². The molecular formula is C12H16N2O4. The Balaban J connectivity index is 2.04. The molecule has 1 aliphatic rings. The number of nitrogens with one attached hydrogen (secondary N) is 1. The van der Waals surface area contributed by atoms with Crippen LogP contribution in [0.4, 0.5) is 11.4 Å². The van der Waals surface area contributed by atoms with E-state index in [-0.39, 0.29) is 11.7 Å². The number of hydrogen-bond donors (Lipinski definition) is 1. The number of nitrogens with zero attached hydrogens (tertiary/aromatic N) is 1. The maximum absolute atomic E-state index is 10.9. The Hall–Kier alpha value is -1.66. The van der Waals surface area contributed by atoms with Crippen LogP contribution in [0, 0.1) is 10.1 Å². The van der Waals surface area contributed by atoms with Crippen LogP contribution in [0.2, 0.25) is 0 Å². The molecule has 18 heavy (non-hydrogen) atoms. The molecular weight excluding hydrogens is 236 g/mol. The van der Waals surface area contributed by atoms with Crippen LogP contribution >= 0.6 is 0 Å². The maximum Gasteiger partial charge on any atom is 0.292 e. The van der Waals surface area contributed by atoms with Crippen molar-refractivity contribution in [1.29, 1.82) is 0 Å². The van der Waals surface area contributed by atoms with Crippen molar-refractivity contribution in [1.82, 2.24) is 0 Å². The highest BCUT2D eigenvalue weighted by Crippen LogP contribution is 2.26. The lowest BCUT2D eigenvalue weighted by Crippen LogP contribution is -2.45. The van der Waals surface area contributed by atoms with Gasteiger partial charge in [0.1, 0.15) is 5.69 Å². The molecule has 98 valence electrons. The molecule has 0 bridgehead atoms. The molecule has 0 aliphatic carbocycles. The minimum Gasteiger partial charge on any atom is -0.372 e. The predicted octanol–water partition coefficient (Wildman–Crippen LogP) is 2.16. The summed E-state index contributed by atoms with van der Waals surface area (Å²) in [6, 6.07) is 6.46.